The molecule has 0 amide bonds. The molecule has 0 radical (unpaired) electrons. The van der Waals surface area contributed by atoms with Gasteiger partial charge in [0.25, 0.3) is 5.89 Å². The highest BCUT2D eigenvalue weighted by atomic mass is 35.5. The van der Waals surface area contributed by atoms with Crippen LogP contribution >= 0.6 is 11.6 Å². The molecule has 0 aliphatic heterocycles. The molecule has 7 heteroatoms. The van der Waals surface area contributed by atoms with Gasteiger partial charge in [0.2, 0.25) is 5.82 Å². The van der Waals surface area contributed by atoms with E-state index in [4.69, 9.17) is 23.6 Å². The van der Waals surface area contributed by atoms with E-state index in [2.05, 4.69) is 21.7 Å². The largest absolute Gasteiger partial charge is 0.493 e. The summed E-state index contributed by atoms with van der Waals surface area (Å²) in [7, 11) is 0. The monoisotopic (exact) mass is 436 g/mol. The maximum absolute atomic E-state index is 7.96. The normalized spacial score (nSPS) is 18.9. The molecule has 0 bridgehead atoms. The number of ether oxygens (including phenoxy) is 1. The van der Waals surface area contributed by atoms with Crippen LogP contribution in [-0.4, -0.2) is 26.1 Å². The van der Waals surface area contributed by atoms with Crippen molar-refractivity contribution in [2.24, 2.45) is 5.92 Å². The number of nitrogens with zero attached hydrogens (tertiary/aromatic N) is 4. The van der Waals surface area contributed by atoms with Gasteiger partial charge >= 0.3 is 0 Å². The average Bonchev–Trinajstić information content (AvgIpc) is 3.44. The molecule has 158 valence electrons. The van der Waals surface area contributed by atoms with Crippen LogP contribution in [0.5, 0.6) is 5.75 Å². The van der Waals surface area contributed by atoms with Crippen LogP contribution in [0.4, 0.5) is 0 Å². The number of rotatable bonds is 5. The molecule has 4 aromatic rings. The van der Waals surface area contributed by atoms with Crippen molar-refractivity contribution in [2.75, 3.05) is 6.61 Å². The summed E-state index contributed by atoms with van der Waals surface area (Å²) in [5.41, 5.74) is 4.61. The summed E-state index contributed by atoms with van der Waals surface area (Å²) in [6, 6.07) is 7.54. The summed E-state index contributed by atoms with van der Waals surface area (Å²) in [6.07, 6.45) is 3.57. The molecule has 1 aliphatic carbocycles. The van der Waals surface area contributed by atoms with Gasteiger partial charge in [-0.2, -0.15) is 4.98 Å². The fraction of sp³-hybridized carbons (Fsp3) is 0.292. The van der Waals surface area contributed by atoms with E-state index < -0.39 is 6.37 Å². The molecule has 6 nitrogen and oxygen atoms in total. The summed E-state index contributed by atoms with van der Waals surface area (Å²) in [4.78, 5) is 9.05. The predicted molar refractivity (Wildman–Crippen MR) is 120 cm³/mol. The van der Waals surface area contributed by atoms with Crippen LogP contribution in [0.3, 0.4) is 0 Å². The van der Waals surface area contributed by atoms with Crippen LogP contribution in [0.1, 0.15) is 33.1 Å². The number of hydrogen-bond donors (Lipinski definition) is 0. The number of aryl methyl sites for hydroxylation is 2. The molecule has 1 fully saturated rings. The molecule has 1 atom stereocenters. The lowest BCUT2D eigenvalue weighted by Crippen LogP contribution is -2.08. The van der Waals surface area contributed by atoms with E-state index in [-0.39, 0.29) is 5.92 Å². The third-order valence-electron chi connectivity index (χ3n) is 5.37. The SMILES string of the molecule is [2H]C1([2H])CC(COc2ccc(-c3nc(-c4cn5cc(C)cc(Cl)c5n4)no3)cc2C)CC1=C. The van der Waals surface area contributed by atoms with E-state index in [0.29, 0.717) is 53.1 Å². The molecule has 3 heterocycles. The van der Waals surface area contributed by atoms with Crippen molar-refractivity contribution in [3.8, 4) is 28.7 Å². The zero-order valence-corrected chi connectivity index (χ0v) is 18.1. The van der Waals surface area contributed by atoms with Crippen molar-refractivity contribution in [1.82, 2.24) is 19.5 Å². The van der Waals surface area contributed by atoms with Gasteiger partial charge in [-0.15, -0.1) is 0 Å². The van der Waals surface area contributed by atoms with Crippen LogP contribution in [0.25, 0.3) is 28.6 Å². The molecule has 0 spiro atoms. The number of benzene rings is 1. The Morgan fingerprint density at radius 1 is 1.29 bits per heavy atom. The van der Waals surface area contributed by atoms with Gasteiger partial charge in [-0.25, -0.2) is 4.98 Å². The lowest BCUT2D eigenvalue weighted by Gasteiger charge is -2.13. The Bertz CT molecular complexity index is 1380. The van der Waals surface area contributed by atoms with Gasteiger partial charge in [0.05, 0.1) is 11.6 Å². The van der Waals surface area contributed by atoms with Crippen molar-refractivity contribution in [2.45, 2.75) is 33.1 Å². The minimum atomic E-state index is -1.30. The molecule has 31 heavy (non-hydrogen) atoms. The zero-order chi connectivity index (χ0) is 23.3. The summed E-state index contributed by atoms with van der Waals surface area (Å²) >= 11 is 6.30. The molecule has 1 saturated carbocycles. The van der Waals surface area contributed by atoms with Crippen LogP contribution in [0, 0.1) is 19.8 Å². The highest BCUT2D eigenvalue weighted by Crippen LogP contribution is 2.31. The second-order valence-corrected chi connectivity index (χ2v) is 8.40. The highest BCUT2D eigenvalue weighted by Gasteiger charge is 2.19. The number of halogens is 1. The Hall–Kier alpha value is -3.12. The maximum atomic E-state index is 7.96. The topological polar surface area (TPSA) is 65.5 Å². The van der Waals surface area contributed by atoms with Crippen molar-refractivity contribution >= 4 is 17.2 Å². The standard InChI is InChI=1S/C24H23ClN4O2/c1-14-4-5-17(8-14)13-30-21-7-6-18(10-16(21)3)24-27-22(28-31-24)20-12-29-11-15(2)9-19(25)23(29)26-20/h6-7,9-12,17H,1,4-5,8,13H2,2-3H3/i4D2. The Balaban J connectivity index is 1.32. The van der Waals surface area contributed by atoms with E-state index in [1.54, 1.807) is 0 Å². The van der Waals surface area contributed by atoms with Gasteiger partial charge in [-0.1, -0.05) is 28.9 Å². The minimum Gasteiger partial charge on any atom is -0.493 e. The number of hydrogen-bond acceptors (Lipinski definition) is 5. The Kier molecular flexibility index (Phi) is 4.45. The molecule has 3 aromatic heterocycles. The highest BCUT2D eigenvalue weighted by molar-refractivity contribution is 6.33. The summed E-state index contributed by atoms with van der Waals surface area (Å²) < 4.78 is 29.2. The van der Waals surface area contributed by atoms with Crippen LogP contribution in [-0.2, 0) is 0 Å². The first kappa shape index (κ1) is 17.5. The zero-order valence-electron chi connectivity index (χ0n) is 19.4. The molecule has 5 rings (SSSR count). The molecule has 1 aromatic carbocycles. The van der Waals surface area contributed by atoms with Crippen LogP contribution < -0.4 is 4.74 Å². The lowest BCUT2D eigenvalue weighted by molar-refractivity contribution is 0.252. The summed E-state index contributed by atoms with van der Waals surface area (Å²) in [6.45, 7) is 8.23. The Labute approximate surface area is 188 Å². The van der Waals surface area contributed by atoms with Gasteiger partial charge in [-0.05, 0) is 74.4 Å². The van der Waals surface area contributed by atoms with Gasteiger partial charge in [-0.3, -0.25) is 0 Å². The van der Waals surface area contributed by atoms with Crippen LogP contribution in [0.15, 0.2) is 53.3 Å². The fourth-order valence-electron chi connectivity index (χ4n) is 3.79. The lowest BCUT2D eigenvalue weighted by atomic mass is 10.1. The number of fused-ring (bicyclic) bond motifs is 1. The van der Waals surface area contributed by atoms with Crippen molar-refractivity contribution in [1.29, 1.82) is 0 Å². The molecule has 0 N–H and O–H groups in total. The van der Waals surface area contributed by atoms with Gasteiger partial charge in [0, 0.05) is 20.7 Å². The number of allylic oxidation sites excluding steroid dienone is 1. The second-order valence-electron chi connectivity index (χ2n) is 7.99. The van der Waals surface area contributed by atoms with E-state index >= 15 is 0 Å². The Morgan fingerprint density at radius 3 is 2.94 bits per heavy atom. The van der Waals surface area contributed by atoms with E-state index in [1.807, 2.05) is 54.9 Å². The van der Waals surface area contributed by atoms with Gasteiger partial charge < -0.3 is 13.7 Å². The second kappa shape index (κ2) is 7.85. The average molecular weight is 437 g/mol. The first-order valence-corrected chi connectivity index (χ1v) is 10.5. The number of imidazole rings is 1. The number of aromatic nitrogens is 4. The smallest absolute Gasteiger partial charge is 0.258 e. The predicted octanol–water partition coefficient (Wildman–Crippen LogP) is 6.06. The van der Waals surface area contributed by atoms with Crippen LogP contribution in [0.2, 0.25) is 5.02 Å². The third-order valence-corrected chi connectivity index (χ3v) is 5.65. The fourth-order valence-corrected chi connectivity index (χ4v) is 4.11. The molecular formula is C24H23ClN4O2. The minimum absolute atomic E-state index is 0.132. The van der Waals surface area contributed by atoms with E-state index in [1.165, 1.54) is 0 Å². The third kappa shape index (κ3) is 3.95. The first-order valence-electron chi connectivity index (χ1n) is 11.1. The maximum Gasteiger partial charge on any atom is 0.258 e. The molecule has 0 saturated heterocycles. The summed E-state index contributed by atoms with van der Waals surface area (Å²) in [5.74, 6) is 1.66. The van der Waals surface area contributed by atoms with Crippen molar-refractivity contribution in [3.05, 3.63) is 65.0 Å². The molecule has 1 aliphatic rings. The van der Waals surface area contributed by atoms with Gasteiger partial charge in [0.15, 0.2) is 5.65 Å². The summed E-state index contributed by atoms with van der Waals surface area (Å²) in [5, 5.41) is 4.66. The van der Waals surface area contributed by atoms with Gasteiger partial charge in [0.1, 0.15) is 11.4 Å². The van der Waals surface area contributed by atoms with Crippen molar-refractivity contribution in [3.63, 3.8) is 0 Å². The van der Waals surface area contributed by atoms with Crippen molar-refractivity contribution < 1.29 is 12.0 Å². The van der Waals surface area contributed by atoms with E-state index in [0.717, 1.165) is 22.4 Å². The Morgan fingerprint density at radius 2 is 2.16 bits per heavy atom. The molecular weight excluding hydrogens is 412 g/mol. The molecule has 1 unspecified atom stereocenters. The first-order chi connectivity index (χ1) is 15.7. The van der Waals surface area contributed by atoms with E-state index in [9.17, 15) is 0 Å². The quantitative estimate of drug-likeness (QED) is 0.356. The number of pyridine rings is 1.